The fourth-order valence-corrected chi connectivity index (χ4v) is 2.09. The highest BCUT2D eigenvalue weighted by molar-refractivity contribution is 9.10. The van der Waals surface area contributed by atoms with Gasteiger partial charge in [-0.3, -0.25) is 0 Å². The van der Waals surface area contributed by atoms with Crippen LogP contribution in [0.5, 0.6) is 5.75 Å². The maximum absolute atomic E-state index is 6.03. The summed E-state index contributed by atoms with van der Waals surface area (Å²) in [5.41, 5.74) is 2.04. The van der Waals surface area contributed by atoms with E-state index in [9.17, 15) is 0 Å². The largest absolute Gasteiger partial charge is 0.495 e. The highest BCUT2D eigenvalue weighted by atomic mass is 79.9. The van der Waals surface area contributed by atoms with Gasteiger partial charge in [-0.25, -0.2) is 0 Å². The summed E-state index contributed by atoms with van der Waals surface area (Å²) in [6, 6.07) is 1.95. The maximum atomic E-state index is 6.03. The first-order chi connectivity index (χ1) is 5.57. The standard InChI is InChI=1S/C9H10BrClO/c1-5-4-7(10)9(12-3)6(2)8(5)11/h4H,1-3H3. The summed E-state index contributed by atoms with van der Waals surface area (Å²) in [5, 5.41) is 0.773. The Bertz CT molecular complexity index is 310. The van der Waals surface area contributed by atoms with Gasteiger partial charge in [-0.2, -0.15) is 0 Å². The highest BCUT2D eigenvalue weighted by Gasteiger charge is 2.09. The number of methoxy groups -OCH3 is 1. The van der Waals surface area contributed by atoms with Crippen LogP contribution in [0.4, 0.5) is 0 Å². The van der Waals surface area contributed by atoms with Crippen LogP contribution in [0.2, 0.25) is 5.02 Å². The van der Waals surface area contributed by atoms with E-state index in [1.807, 2.05) is 19.9 Å². The average molecular weight is 250 g/mol. The van der Waals surface area contributed by atoms with E-state index in [2.05, 4.69) is 15.9 Å². The molecule has 3 heteroatoms. The lowest BCUT2D eigenvalue weighted by atomic mass is 10.1. The van der Waals surface area contributed by atoms with Crippen molar-refractivity contribution in [2.75, 3.05) is 7.11 Å². The zero-order valence-corrected chi connectivity index (χ0v) is 9.58. The van der Waals surface area contributed by atoms with Gasteiger partial charge in [-0.1, -0.05) is 11.6 Å². The van der Waals surface area contributed by atoms with Gasteiger partial charge < -0.3 is 4.74 Å². The number of hydrogen-bond donors (Lipinski definition) is 0. The number of rotatable bonds is 1. The first kappa shape index (κ1) is 9.87. The molecule has 1 aromatic carbocycles. The van der Waals surface area contributed by atoms with Gasteiger partial charge in [-0.05, 0) is 41.4 Å². The second-order valence-electron chi connectivity index (χ2n) is 2.65. The molecule has 0 aliphatic rings. The molecule has 0 aliphatic carbocycles. The lowest BCUT2D eigenvalue weighted by molar-refractivity contribution is 0.409. The van der Waals surface area contributed by atoms with Crippen molar-refractivity contribution in [2.45, 2.75) is 13.8 Å². The molecule has 0 spiro atoms. The van der Waals surface area contributed by atoms with Crippen LogP contribution in [0.15, 0.2) is 10.5 Å². The minimum atomic E-state index is 0.773. The quantitative estimate of drug-likeness (QED) is 0.737. The zero-order valence-electron chi connectivity index (χ0n) is 7.24. The van der Waals surface area contributed by atoms with Crippen molar-refractivity contribution < 1.29 is 4.74 Å². The van der Waals surface area contributed by atoms with E-state index < -0.39 is 0 Å². The zero-order chi connectivity index (χ0) is 9.30. The molecule has 0 fully saturated rings. The lowest BCUT2D eigenvalue weighted by Crippen LogP contribution is -1.91. The van der Waals surface area contributed by atoms with Gasteiger partial charge in [-0.15, -0.1) is 0 Å². The summed E-state index contributed by atoms with van der Waals surface area (Å²) in [7, 11) is 1.64. The Morgan fingerprint density at radius 1 is 1.42 bits per heavy atom. The summed E-state index contributed by atoms with van der Waals surface area (Å²) in [6.45, 7) is 3.92. The Hall–Kier alpha value is -0.210. The topological polar surface area (TPSA) is 9.23 Å². The SMILES string of the molecule is COc1c(Br)cc(C)c(Cl)c1C. The van der Waals surface area contributed by atoms with Crippen LogP contribution in [0.3, 0.4) is 0 Å². The van der Waals surface area contributed by atoms with Gasteiger partial charge in [0.15, 0.2) is 0 Å². The maximum Gasteiger partial charge on any atom is 0.137 e. The molecule has 66 valence electrons. The summed E-state index contributed by atoms with van der Waals surface area (Å²) in [5.74, 6) is 0.811. The predicted octanol–water partition coefficient (Wildman–Crippen LogP) is 3.73. The first-order valence-corrected chi connectivity index (χ1v) is 4.74. The van der Waals surface area contributed by atoms with Gasteiger partial charge >= 0.3 is 0 Å². The average Bonchev–Trinajstić information content (AvgIpc) is 2.01. The highest BCUT2D eigenvalue weighted by Crippen LogP contribution is 2.35. The van der Waals surface area contributed by atoms with Crippen molar-refractivity contribution >= 4 is 27.5 Å². The van der Waals surface area contributed by atoms with Gasteiger partial charge in [0.25, 0.3) is 0 Å². The summed E-state index contributed by atoms with van der Waals surface area (Å²) in [4.78, 5) is 0. The van der Waals surface area contributed by atoms with Gasteiger partial charge in [0, 0.05) is 5.56 Å². The summed E-state index contributed by atoms with van der Waals surface area (Å²) < 4.78 is 6.13. The monoisotopic (exact) mass is 248 g/mol. The molecular weight excluding hydrogens is 239 g/mol. The molecule has 0 radical (unpaired) electrons. The molecule has 1 aromatic rings. The van der Waals surface area contributed by atoms with Crippen molar-refractivity contribution in [2.24, 2.45) is 0 Å². The van der Waals surface area contributed by atoms with Crippen LogP contribution in [0.1, 0.15) is 11.1 Å². The first-order valence-electron chi connectivity index (χ1n) is 3.57. The Kier molecular flexibility index (Phi) is 3.02. The molecule has 0 N–H and O–H groups in total. The van der Waals surface area contributed by atoms with E-state index in [0.717, 1.165) is 26.4 Å². The van der Waals surface area contributed by atoms with Crippen molar-refractivity contribution in [3.63, 3.8) is 0 Å². The van der Waals surface area contributed by atoms with Gasteiger partial charge in [0.1, 0.15) is 5.75 Å². The van der Waals surface area contributed by atoms with Crippen LogP contribution in [-0.4, -0.2) is 7.11 Å². The Balaban J connectivity index is 3.40. The Morgan fingerprint density at radius 3 is 2.50 bits per heavy atom. The minimum absolute atomic E-state index is 0.773. The molecular formula is C9H10BrClO. The lowest BCUT2D eigenvalue weighted by Gasteiger charge is -2.10. The van der Waals surface area contributed by atoms with Crippen LogP contribution in [-0.2, 0) is 0 Å². The third kappa shape index (κ3) is 1.59. The smallest absolute Gasteiger partial charge is 0.137 e. The molecule has 0 aliphatic heterocycles. The normalized spacial score (nSPS) is 10.1. The second kappa shape index (κ2) is 3.67. The molecule has 0 saturated carbocycles. The van der Waals surface area contributed by atoms with E-state index in [0.29, 0.717) is 0 Å². The molecule has 1 nitrogen and oxygen atoms in total. The van der Waals surface area contributed by atoms with Crippen molar-refractivity contribution in [3.8, 4) is 5.75 Å². The van der Waals surface area contributed by atoms with Gasteiger partial charge in [0.2, 0.25) is 0 Å². The van der Waals surface area contributed by atoms with Gasteiger partial charge in [0.05, 0.1) is 16.6 Å². The van der Waals surface area contributed by atoms with Crippen LogP contribution >= 0.6 is 27.5 Å². The third-order valence-electron chi connectivity index (χ3n) is 1.78. The van der Waals surface area contributed by atoms with Crippen molar-refractivity contribution in [3.05, 3.63) is 26.7 Å². The molecule has 0 amide bonds. The number of aryl methyl sites for hydroxylation is 1. The number of hydrogen-bond acceptors (Lipinski definition) is 1. The fourth-order valence-electron chi connectivity index (χ4n) is 1.14. The Morgan fingerprint density at radius 2 is 2.00 bits per heavy atom. The minimum Gasteiger partial charge on any atom is -0.495 e. The molecule has 0 bridgehead atoms. The molecule has 0 atom stereocenters. The summed E-state index contributed by atoms with van der Waals surface area (Å²) in [6.07, 6.45) is 0. The number of benzene rings is 1. The van der Waals surface area contributed by atoms with Crippen molar-refractivity contribution in [1.29, 1.82) is 0 Å². The van der Waals surface area contributed by atoms with Crippen LogP contribution in [0.25, 0.3) is 0 Å². The molecule has 0 aromatic heterocycles. The number of ether oxygens (including phenoxy) is 1. The third-order valence-corrected chi connectivity index (χ3v) is 2.95. The van der Waals surface area contributed by atoms with E-state index in [1.165, 1.54) is 0 Å². The van der Waals surface area contributed by atoms with Crippen molar-refractivity contribution in [1.82, 2.24) is 0 Å². The fraction of sp³-hybridized carbons (Fsp3) is 0.333. The van der Waals surface area contributed by atoms with E-state index >= 15 is 0 Å². The molecule has 12 heavy (non-hydrogen) atoms. The number of halogens is 2. The van der Waals surface area contributed by atoms with E-state index in [-0.39, 0.29) is 0 Å². The Labute approximate surface area is 85.8 Å². The van der Waals surface area contributed by atoms with E-state index in [4.69, 9.17) is 16.3 Å². The molecule has 0 heterocycles. The molecule has 0 unspecified atom stereocenters. The van der Waals surface area contributed by atoms with E-state index in [1.54, 1.807) is 7.11 Å². The van der Waals surface area contributed by atoms with Crippen LogP contribution in [0, 0.1) is 13.8 Å². The molecule has 1 rings (SSSR count). The molecule has 0 saturated heterocycles. The second-order valence-corrected chi connectivity index (χ2v) is 3.88. The predicted molar refractivity (Wildman–Crippen MR) is 55.2 cm³/mol. The van der Waals surface area contributed by atoms with Crippen LogP contribution < -0.4 is 4.74 Å². The summed E-state index contributed by atoms with van der Waals surface area (Å²) >= 11 is 9.44.